The topological polar surface area (TPSA) is 78.3 Å². The maximum atomic E-state index is 12.5. The number of methoxy groups -OCH3 is 2. The van der Waals surface area contributed by atoms with Crippen molar-refractivity contribution in [3.8, 4) is 11.5 Å². The summed E-state index contributed by atoms with van der Waals surface area (Å²) in [5, 5.41) is 12.7. The van der Waals surface area contributed by atoms with Crippen molar-refractivity contribution in [2.45, 2.75) is 55.8 Å². The molecule has 1 amide bonds. The van der Waals surface area contributed by atoms with Crippen molar-refractivity contribution in [1.82, 2.24) is 20.1 Å². The number of amides is 1. The third kappa shape index (κ3) is 4.11. The first kappa shape index (κ1) is 19.1. The predicted molar refractivity (Wildman–Crippen MR) is 107 cm³/mol. The molecule has 2 fully saturated rings. The number of rotatable bonds is 9. The van der Waals surface area contributed by atoms with Gasteiger partial charge in [-0.2, -0.15) is 0 Å². The summed E-state index contributed by atoms with van der Waals surface area (Å²) in [6.07, 6.45) is 4.78. The lowest BCUT2D eigenvalue weighted by Crippen LogP contribution is -2.28. The Hall–Kier alpha value is -2.22. The van der Waals surface area contributed by atoms with Gasteiger partial charge in [0.15, 0.2) is 5.16 Å². The summed E-state index contributed by atoms with van der Waals surface area (Å²) in [6.45, 7) is 1.94. The summed E-state index contributed by atoms with van der Waals surface area (Å²) in [7, 11) is 3.25. The van der Waals surface area contributed by atoms with E-state index in [-0.39, 0.29) is 11.9 Å². The van der Waals surface area contributed by atoms with Crippen molar-refractivity contribution in [1.29, 1.82) is 0 Å². The molecule has 150 valence electrons. The van der Waals surface area contributed by atoms with Crippen LogP contribution in [0.5, 0.6) is 11.5 Å². The molecule has 1 heterocycles. The van der Waals surface area contributed by atoms with Gasteiger partial charge in [-0.1, -0.05) is 11.8 Å². The van der Waals surface area contributed by atoms with Gasteiger partial charge in [-0.3, -0.25) is 4.79 Å². The molecule has 1 atom stereocenters. The average molecular weight is 403 g/mol. The largest absolute Gasteiger partial charge is 0.497 e. The lowest BCUT2D eigenvalue weighted by molar-refractivity contribution is -0.119. The number of hydrogen-bond acceptors (Lipinski definition) is 6. The van der Waals surface area contributed by atoms with Crippen LogP contribution in [0.4, 0.5) is 0 Å². The maximum Gasteiger partial charge on any atom is 0.230 e. The quantitative estimate of drug-likeness (QED) is 0.647. The van der Waals surface area contributed by atoms with Crippen LogP contribution in [0.15, 0.2) is 23.4 Å². The molecule has 2 saturated carbocycles. The predicted octanol–water partition coefficient (Wildman–Crippen LogP) is 3.48. The second-order valence-electron chi connectivity index (χ2n) is 7.40. The number of nitrogens with one attached hydrogen (secondary N) is 1. The Bertz CT molecular complexity index is 861. The summed E-state index contributed by atoms with van der Waals surface area (Å²) >= 11 is 1.47. The van der Waals surface area contributed by atoms with Crippen molar-refractivity contribution in [2.75, 3.05) is 20.0 Å². The van der Waals surface area contributed by atoms with E-state index in [1.807, 2.05) is 25.1 Å². The minimum Gasteiger partial charge on any atom is -0.497 e. The zero-order chi connectivity index (χ0) is 19.7. The fourth-order valence-corrected chi connectivity index (χ4v) is 4.18. The molecule has 0 radical (unpaired) electrons. The summed E-state index contributed by atoms with van der Waals surface area (Å²) < 4.78 is 13.0. The molecule has 1 aromatic heterocycles. The zero-order valence-corrected chi connectivity index (χ0v) is 17.3. The minimum atomic E-state index is -0.193. The number of nitrogens with zero attached hydrogens (tertiary/aromatic N) is 3. The highest BCUT2D eigenvalue weighted by atomic mass is 32.2. The van der Waals surface area contributed by atoms with E-state index in [1.54, 1.807) is 14.2 Å². The number of carbonyl (C=O) groups is 1. The van der Waals surface area contributed by atoms with E-state index in [0.29, 0.717) is 17.7 Å². The Morgan fingerprint density at radius 2 is 2.04 bits per heavy atom. The van der Waals surface area contributed by atoms with Gasteiger partial charge in [0, 0.05) is 17.5 Å². The van der Waals surface area contributed by atoms with Gasteiger partial charge in [0.25, 0.3) is 0 Å². The standard InChI is InChI=1S/C20H26N4O3S/c1-12(16-10-15(26-2)8-9-17(16)27-3)21-18(25)11-28-20-23-22-19(13-4-5-13)24(20)14-6-7-14/h8-10,12-14H,4-7,11H2,1-3H3,(H,21,25). The van der Waals surface area contributed by atoms with E-state index in [2.05, 4.69) is 20.1 Å². The molecular weight excluding hydrogens is 376 g/mol. The third-order valence-electron chi connectivity index (χ3n) is 5.16. The van der Waals surface area contributed by atoms with Crippen LogP contribution in [-0.4, -0.2) is 40.6 Å². The zero-order valence-electron chi connectivity index (χ0n) is 16.5. The van der Waals surface area contributed by atoms with Gasteiger partial charge in [-0.25, -0.2) is 0 Å². The van der Waals surface area contributed by atoms with Gasteiger partial charge < -0.3 is 19.4 Å². The molecule has 0 saturated heterocycles. The van der Waals surface area contributed by atoms with Crippen molar-refractivity contribution < 1.29 is 14.3 Å². The smallest absolute Gasteiger partial charge is 0.230 e. The van der Waals surface area contributed by atoms with Crippen LogP contribution in [0.3, 0.4) is 0 Å². The van der Waals surface area contributed by atoms with Gasteiger partial charge in [-0.05, 0) is 50.8 Å². The van der Waals surface area contributed by atoms with E-state index in [1.165, 1.54) is 37.4 Å². The monoisotopic (exact) mass is 402 g/mol. The average Bonchev–Trinajstić information content (AvgIpc) is 3.64. The van der Waals surface area contributed by atoms with Crippen LogP contribution in [0.2, 0.25) is 0 Å². The molecule has 28 heavy (non-hydrogen) atoms. The van der Waals surface area contributed by atoms with Crippen molar-refractivity contribution in [2.24, 2.45) is 0 Å². The molecular formula is C20H26N4O3S. The van der Waals surface area contributed by atoms with E-state index < -0.39 is 0 Å². The normalized spacial score (nSPS) is 17.2. The Kier molecular flexibility index (Phi) is 5.48. The highest BCUT2D eigenvalue weighted by Crippen LogP contribution is 2.46. The summed E-state index contributed by atoms with van der Waals surface area (Å²) in [5.41, 5.74) is 0.886. The molecule has 2 aliphatic carbocycles. The summed E-state index contributed by atoms with van der Waals surface area (Å²) in [4.78, 5) is 12.5. The lowest BCUT2D eigenvalue weighted by Gasteiger charge is -2.18. The fourth-order valence-electron chi connectivity index (χ4n) is 3.35. The van der Waals surface area contributed by atoms with Crippen molar-refractivity contribution in [3.63, 3.8) is 0 Å². The van der Waals surface area contributed by atoms with Crippen LogP contribution in [-0.2, 0) is 4.79 Å². The fraction of sp³-hybridized carbons (Fsp3) is 0.550. The van der Waals surface area contributed by atoms with Gasteiger partial charge in [0.2, 0.25) is 5.91 Å². The Morgan fingerprint density at radius 1 is 1.25 bits per heavy atom. The van der Waals surface area contributed by atoms with Gasteiger partial charge >= 0.3 is 0 Å². The molecule has 0 spiro atoms. The second-order valence-corrected chi connectivity index (χ2v) is 8.34. The number of thioether (sulfide) groups is 1. The second kappa shape index (κ2) is 8.03. The Balaban J connectivity index is 1.39. The molecule has 1 aromatic carbocycles. The van der Waals surface area contributed by atoms with E-state index >= 15 is 0 Å². The van der Waals surface area contributed by atoms with Crippen LogP contribution >= 0.6 is 11.8 Å². The van der Waals surface area contributed by atoms with E-state index in [0.717, 1.165) is 28.0 Å². The molecule has 1 unspecified atom stereocenters. The third-order valence-corrected chi connectivity index (χ3v) is 6.10. The molecule has 8 heteroatoms. The van der Waals surface area contributed by atoms with E-state index in [9.17, 15) is 4.79 Å². The SMILES string of the molecule is COc1ccc(OC)c(C(C)NC(=O)CSc2nnc(C3CC3)n2C2CC2)c1. The first-order chi connectivity index (χ1) is 13.6. The molecule has 2 aromatic rings. The first-order valence-corrected chi connectivity index (χ1v) is 10.7. The number of benzene rings is 1. The highest BCUT2D eigenvalue weighted by molar-refractivity contribution is 7.99. The molecule has 0 aliphatic heterocycles. The summed E-state index contributed by atoms with van der Waals surface area (Å²) in [5.74, 6) is 3.41. The molecule has 7 nitrogen and oxygen atoms in total. The van der Waals surface area contributed by atoms with Gasteiger partial charge in [-0.15, -0.1) is 10.2 Å². The van der Waals surface area contributed by atoms with Crippen LogP contribution in [0.25, 0.3) is 0 Å². The Labute approximate surface area is 169 Å². The Morgan fingerprint density at radius 3 is 2.68 bits per heavy atom. The summed E-state index contributed by atoms with van der Waals surface area (Å²) in [6, 6.07) is 5.91. The van der Waals surface area contributed by atoms with Crippen LogP contribution in [0.1, 0.15) is 62.0 Å². The number of aromatic nitrogens is 3. The molecule has 4 rings (SSSR count). The highest BCUT2D eigenvalue weighted by Gasteiger charge is 2.36. The number of hydrogen-bond donors (Lipinski definition) is 1. The minimum absolute atomic E-state index is 0.0410. The van der Waals surface area contributed by atoms with Gasteiger partial charge in [0.1, 0.15) is 17.3 Å². The first-order valence-electron chi connectivity index (χ1n) is 9.69. The van der Waals surface area contributed by atoms with Crippen LogP contribution in [0, 0.1) is 0 Å². The number of carbonyl (C=O) groups excluding carboxylic acids is 1. The molecule has 2 aliphatic rings. The lowest BCUT2D eigenvalue weighted by atomic mass is 10.1. The van der Waals surface area contributed by atoms with Gasteiger partial charge in [0.05, 0.1) is 26.0 Å². The van der Waals surface area contributed by atoms with Crippen LogP contribution < -0.4 is 14.8 Å². The van der Waals surface area contributed by atoms with Crippen molar-refractivity contribution >= 4 is 17.7 Å². The number of ether oxygens (including phenoxy) is 2. The van der Waals surface area contributed by atoms with E-state index in [4.69, 9.17) is 9.47 Å². The maximum absolute atomic E-state index is 12.5. The molecule has 0 bridgehead atoms. The molecule has 1 N–H and O–H groups in total. The van der Waals surface area contributed by atoms with Crippen molar-refractivity contribution in [3.05, 3.63) is 29.6 Å².